The molecule has 0 fully saturated rings. The van der Waals surface area contributed by atoms with E-state index >= 15 is 0 Å². The monoisotopic (exact) mass is 360 g/mol. The topological polar surface area (TPSA) is 76.9 Å². The number of sulfonamides is 1. The minimum Gasteiger partial charge on any atom is -0.312 e. The largest absolute Gasteiger partial charge is 0.312 e. The molecule has 0 bridgehead atoms. The van der Waals surface area contributed by atoms with Crippen LogP contribution in [0.5, 0.6) is 0 Å². The first-order valence-electron chi connectivity index (χ1n) is 7.43. The molecule has 0 saturated heterocycles. The molecule has 0 spiro atoms. The zero-order chi connectivity index (χ0) is 16.9. The third kappa shape index (κ3) is 2.60. The van der Waals surface area contributed by atoms with E-state index in [0.717, 1.165) is 27.1 Å². The molecule has 0 amide bonds. The Morgan fingerprint density at radius 1 is 1.17 bits per heavy atom. The SMILES string of the molecule is Cn1cnnc1S[C@@H]1c2cccc3cccc(c23)[C@H]1NS(C)(=O)=O. The number of thioether (sulfide) groups is 1. The summed E-state index contributed by atoms with van der Waals surface area (Å²) in [5.41, 5.74) is 2.13. The highest BCUT2D eigenvalue weighted by molar-refractivity contribution is 7.99. The molecule has 0 saturated carbocycles. The lowest BCUT2D eigenvalue weighted by Crippen LogP contribution is -2.28. The molecule has 4 rings (SSSR count). The van der Waals surface area contributed by atoms with Crippen LogP contribution >= 0.6 is 11.8 Å². The van der Waals surface area contributed by atoms with Gasteiger partial charge in [0.15, 0.2) is 5.16 Å². The van der Waals surface area contributed by atoms with Crippen molar-refractivity contribution >= 4 is 32.6 Å². The first kappa shape index (κ1) is 15.6. The second-order valence-electron chi connectivity index (χ2n) is 5.92. The highest BCUT2D eigenvalue weighted by Gasteiger charge is 2.37. The second kappa shape index (κ2) is 5.58. The van der Waals surface area contributed by atoms with Gasteiger partial charge in [-0.1, -0.05) is 48.2 Å². The van der Waals surface area contributed by atoms with Gasteiger partial charge in [-0.05, 0) is 21.9 Å². The molecule has 6 nitrogen and oxygen atoms in total. The molecule has 3 aromatic rings. The van der Waals surface area contributed by atoms with Gasteiger partial charge < -0.3 is 4.57 Å². The molecule has 0 unspecified atom stereocenters. The van der Waals surface area contributed by atoms with Crippen molar-refractivity contribution < 1.29 is 8.42 Å². The molecule has 124 valence electrons. The Labute approximate surface area is 144 Å². The third-order valence-electron chi connectivity index (χ3n) is 4.16. The van der Waals surface area contributed by atoms with Crippen LogP contribution in [0.3, 0.4) is 0 Å². The van der Waals surface area contributed by atoms with Crippen molar-refractivity contribution in [3.05, 3.63) is 53.9 Å². The maximum absolute atomic E-state index is 11.9. The Morgan fingerprint density at radius 3 is 2.50 bits per heavy atom. The lowest BCUT2D eigenvalue weighted by atomic mass is 10.1. The van der Waals surface area contributed by atoms with E-state index in [9.17, 15) is 8.42 Å². The summed E-state index contributed by atoms with van der Waals surface area (Å²) >= 11 is 1.53. The summed E-state index contributed by atoms with van der Waals surface area (Å²) in [5.74, 6) is 0. The number of nitrogens with zero attached hydrogens (tertiary/aromatic N) is 3. The zero-order valence-electron chi connectivity index (χ0n) is 13.2. The van der Waals surface area contributed by atoms with E-state index in [0.29, 0.717) is 0 Å². The van der Waals surface area contributed by atoms with Crippen LogP contribution in [0, 0.1) is 0 Å². The number of nitrogens with one attached hydrogen (secondary N) is 1. The number of aryl methyl sites for hydroxylation is 1. The quantitative estimate of drug-likeness (QED) is 0.773. The average molecular weight is 360 g/mol. The first-order chi connectivity index (χ1) is 11.4. The summed E-state index contributed by atoms with van der Waals surface area (Å²) < 4.78 is 28.5. The van der Waals surface area contributed by atoms with Gasteiger partial charge in [-0.2, -0.15) is 0 Å². The number of rotatable bonds is 4. The molecule has 2 atom stereocenters. The van der Waals surface area contributed by atoms with Gasteiger partial charge in [-0.15, -0.1) is 10.2 Å². The van der Waals surface area contributed by atoms with E-state index in [1.165, 1.54) is 18.0 Å². The van der Waals surface area contributed by atoms with Gasteiger partial charge in [-0.25, -0.2) is 13.1 Å². The van der Waals surface area contributed by atoms with Crippen molar-refractivity contribution in [2.75, 3.05) is 6.26 Å². The predicted molar refractivity (Wildman–Crippen MR) is 94.3 cm³/mol. The first-order valence-corrected chi connectivity index (χ1v) is 10.2. The van der Waals surface area contributed by atoms with Crippen molar-refractivity contribution in [2.24, 2.45) is 7.05 Å². The van der Waals surface area contributed by atoms with Gasteiger partial charge >= 0.3 is 0 Å². The maximum atomic E-state index is 11.9. The van der Waals surface area contributed by atoms with Crippen LogP contribution in [-0.4, -0.2) is 29.4 Å². The van der Waals surface area contributed by atoms with Crippen molar-refractivity contribution in [3.63, 3.8) is 0 Å². The van der Waals surface area contributed by atoms with E-state index in [-0.39, 0.29) is 11.3 Å². The summed E-state index contributed by atoms with van der Waals surface area (Å²) in [4.78, 5) is 0. The van der Waals surface area contributed by atoms with Gasteiger partial charge in [0.25, 0.3) is 0 Å². The fraction of sp³-hybridized carbons (Fsp3) is 0.250. The molecule has 1 aromatic heterocycles. The van der Waals surface area contributed by atoms with Crippen LogP contribution < -0.4 is 4.72 Å². The minimum absolute atomic E-state index is 0.0938. The Hall–Kier alpha value is -1.90. The van der Waals surface area contributed by atoms with Gasteiger partial charge in [0.1, 0.15) is 6.33 Å². The fourth-order valence-electron chi connectivity index (χ4n) is 3.22. The van der Waals surface area contributed by atoms with Gasteiger partial charge in [0.2, 0.25) is 10.0 Å². The average Bonchev–Trinajstić information content (AvgIpc) is 3.05. The Kier molecular flexibility index (Phi) is 3.63. The van der Waals surface area contributed by atoms with Gasteiger partial charge in [-0.3, -0.25) is 0 Å². The summed E-state index contributed by atoms with van der Waals surface area (Å²) in [6, 6.07) is 11.8. The smallest absolute Gasteiger partial charge is 0.209 e. The van der Waals surface area contributed by atoms with Crippen molar-refractivity contribution in [1.82, 2.24) is 19.5 Å². The van der Waals surface area contributed by atoms with E-state index in [1.807, 2.05) is 29.8 Å². The molecular formula is C16H16N4O2S2. The van der Waals surface area contributed by atoms with Crippen molar-refractivity contribution in [1.29, 1.82) is 0 Å². The summed E-state index contributed by atoms with van der Waals surface area (Å²) in [6.07, 6.45) is 2.84. The molecule has 2 aromatic carbocycles. The van der Waals surface area contributed by atoms with Crippen molar-refractivity contribution in [2.45, 2.75) is 16.4 Å². The summed E-state index contributed by atoms with van der Waals surface area (Å²) in [7, 11) is -1.47. The molecule has 0 radical (unpaired) electrons. The number of hydrogen-bond donors (Lipinski definition) is 1. The van der Waals surface area contributed by atoms with Gasteiger partial charge in [0, 0.05) is 7.05 Å². The second-order valence-corrected chi connectivity index (χ2v) is 8.81. The number of aromatic nitrogens is 3. The molecule has 1 aliphatic carbocycles. The molecule has 1 aliphatic rings. The van der Waals surface area contributed by atoms with E-state index < -0.39 is 10.0 Å². The maximum Gasteiger partial charge on any atom is 0.209 e. The van der Waals surface area contributed by atoms with Crippen LogP contribution in [0.4, 0.5) is 0 Å². The Balaban J connectivity index is 1.87. The minimum atomic E-state index is -3.35. The molecule has 8 heteroatoms. The molecule has 0 aliphatic heterocycles. The highest BCUT2D eigenvalue weighted by Crippen LogP contribution is 2.52. The molecular weight excluding hydrogens is 344 g/mol. The van der Waals surface area contributed by atoms with Crippen LogP contribution in [0.1, 0.15) is 22.4 Å². The number of benzene rings is 2. The molecule has 1 N–H and O–H groups in total. The van der Waals surface area contributed by atoms with Crippen LogP contribution in [0.15, 0.2) is 47.9 Å². The highest BCUT2D eigenvalue weighted by atomic mass is 32.2. The van der Waals surface area contributed by atoms with Crippen LogP contribution in [0.2, 0.25) is 0 Å². The fourth-order valence-corrected chi connectivity index (χ4v) is 5.24. The third-order valence-corrected chi connectivity index (χ3v) is 6.20. The molecule has 1 heterocycles. The summed E-state index contributed by atoms with van der Waals surface area (Å²) in [6.45, 7) is 0. The summed E-state index contributed by atoms with van der Waals surface area (Å²) in [5, 5.41) is 11.0. The van der Waals surface area contributed by atoms with Crippen molar-refractivity contribution in [3.8, 4) is 0 Å². The van der Waals surface area contributed by atoms with Gasteiger partial charge in [0.05, 0.1) is 17.5 Å². The Bertz CT molecular complexity index is 1020. The van der Waals surface area contributed by atoms with E-state index in [4.69, 9.17) is 0 Å². The lowest BCUT2D eigenvalue weighted by molar-refractivity contribution is 0.563. The number of hydrogen-bond acceptors (Lipinski definition) is 5. The zero-order valence-corrected chi connectivity index (χ0v) is 14.8. The van der Waals surface area contributed by atoms with Crippen LogP contribution in [0.25, 0.3) is 10.8 Å². The predicted octanol–water partition coefficient (Wildman–Crippen LogP) is 2.41. The Morgan fingerprint density at radius 2 is 1.88 bits per heavy atom. The lowest BCUT2D eigenvalue weighted by Gasteiger charge is -2.21. The standard InChI is InChI=1S/C16H16N4O2S2/c1-20-9-17-18-16(20)23-15-12-8-4-6-10-5-3-7-11(13(10)12)14(15)19-24(2,21)22/h3-9,14-15,19H,1-2H3/t14-,15-/m1/s1. The normalized spacial score (nSPS) is 19.9. The van der Waals surface area contributed by atoms with E-state index in [2.05, 4.69) is 33.1 Å². The molecule has 24 heavy (non-hydrogen) atoms. The van der Waals surface area contributed by atoms with Crippen LogP contribution in [-0.2, 0) is 17.1 Å². The van der Waals surface area contributed by atoms with E-state index in [1.54, 1.807) is 6.33 Å².